The van der Waals surface area contributed by atoms with Crippen molar-refractivity contribution in [3.05, 3.63) is 22.4 Å². The van der Waals surface area contributed by atoms with Crippen LogP contribution < -0.4 is 5.32 Å². The van der Waals surface area contributed by atoms with Crippen molar-refractivity contribution in [2.24, 2.45) is 0 Å². The molecule has 4 nitrogen and oxygen atoms in total. The SMILES string of the molecule is O=C1NCC(O)n2cc(Br)cc21. The lowest BCUT2D eigenvalue weighted by molar-refractivity contribution is 0.0664. The van der Waals surface area contributed by atoms with Crippen molar-refractivity contribution >= 4 is 21.8 Å². The van der Waals surface area contributed by atoms with Crippen molar-refractivity contribution in [1.82, 2.24) is 9.88 Å². The number of nitrogens with zero attached hydrogens (tertiary/aromatic N) is 1. The molecule has 64 valence electrons. The van der Waals surface area contributed by atoms with Gasteiger partial charge >= 0.3 is 0 Å². The highest BCUT2D eigenvalue weighted by atomic mass is 79.9. The van der Waals surface area contributed by atoms with Gasteiger partial charge in [0.05, 0.1) is 6.54 Å². The fourth-order valence-electron chi connectivity index (χ4n) is 1.25. The molecule has 12 heavy (non-hydrogen) atoms. The summed E-state index contributed by atoms with van der Waals surface area (Å²) in [4.78, 5) is 11.2. The number of nitrogens with one attached hydrogen (secondary N) is 1. The molecule has 0 bridgehead atoms. The highest BCUT2D eigenvalue weighted by molar-refractivity contribution is 9.10. The van der Waals surface area contributed by atoms with Crippen LogP contribution in [0.4, 0.5) is 0 Å². The van der Waals surface area contributed by atoms with Gasteiger partial charge in [-0.2, -0.15) is 0 Å². The number of fused-ring (bicyclic) bond motifs is 1. The topological polar surface area (TPSA) is 54.3 Å². The van der Waals surface area contributed by atoms with Crippen molar-refractivity contribution in [3.8, 4) is 0 Å². The predicted molar refractivity (Wildman–Crippen MR) is 45.7 cm³/mol. The molecule has 1 aromatic heterocycles. The van der Waals surface area contributed by atoms with Crippen molar-refractivity contribution in [3.63, 3.8) is 0 Å². The van der Waals surface area contributed by atoms with Crippen LogP contribution in [0.5, 0.6) is 0 Å². The highest BCUT2D eigenvalue weighted by Gasteiger charge is 2.22. The number of hydrogen-bond donors (Lipinski definition) is 2. The number of β-amino-alcohol motifs (C(OH)–C–C–N with tert-alkyl or cyclic N) is 1. The maximum absolute atomic E-state index is 11.2. The quantitative estimate of drug-likeness (QED) is 0.682. The Bertz CT molecular complexity index is 334. The summed E-state index contributed by atoms with van der Waals surface area (Å²) in [5.74, 6) is -0.147. The monoisotopic (exact) mass is 230 g/mol. The number of aliphatic hydroxyl groups is 1. The van der Waals surface area contributed by atoms with Gasteiger partial charge in [0.2, 0.25) is 0 Å². The van der Waals surface area contributed by atoms with Gasteiger partial charge in [0.15, 0.2) is 0 Å². The average molecular weight is 231 g/mol. The fourth-order valence-corrected chi connectivity index (χ4v) is 1.68. The molecule has 1 amide bonds. The van der Waals surface area contributed by atoms with Crippen LogP contribution in [-0.4, -0.2) is 22.1 Å². The van der Waals surface area contributed by atoms with Crippen LogP contribution in [0.1, 0.15) is 16.7 Å². The zero-order valence-electron chi connectivity index (χ0n) is 6.12. The maximum Gasteiger partial charge on any atom is 0.268 e. The maximum atomic E-state index is 11.2. The Morgan fingerprint density at radius 2 is 2.50 bits per heavy atom. The van der Waals surface area contributed by atoms with E-state index in [4.69, 9.17) is 0 Å². The van der Waals surface area contributed by atoms with Crippen LogP contribution >= 0.6 is 15.9 Å². The van der Waals surface area contributed by atoms with E-state index in [2.05, 4.69) is 21.2 Å². The number of carbonyl (C=O) groups excluding carboxylic acids is 1. The lowest BCUT2D eigenvalue weighted by atomic mass is 10.3. The molecule has 1 atom stereocenters. The largest absolute Gasteiger partial charge is 0.371 e. The summed E-state index contributed by atoms with van der Waals surface area (Å²) in [5, 5.41) is 12.0. The van der Waals surface area contributed by atoms with Crippen LogP contribution in [0.3, 0.4) is 0 Å². The highest BCUT2D eigenvalue weighted by Crippen LogP contribution is 2.20. The van der Waals surface area contributed by atoms with Gasteiger partial charge in [-0.15, -0.1) is 0 Å². The first-order valence-electron chi connectivity index (χ1n) is 3.52. The average Bonchev–Trinajstić information content (AvgIpc) is 2.41. The minimum atomic E-state index is -0.649. The van der Waals surface area contributed by atoms with Crippen molar-refractivity contribution in [2.75, 3.05) is 6.54 Å². The smallest absolute Gasteiger partial charge is 0.268 e. The Morgan fingerprint density at radius 1 is 1.75 bits per heavy atom. The van der Waals surface area contributed by atoms with E-state index >= 15 is 0 Å². The minimum Gasteiger partial charge on any atom is -0.371 e. The number of amides is 1. The molecule has 1 aliphatic heterocycles. The third-order valence-electron chi connectivity index (χ3n) is 1.81. The number of halogens is 1. The molecule has 0 spiro atoms. The first-order valence-corrected chi connectivity index (χ1v) is 4.31. The molecule has 5 heteroatoms. The number of aliphatic hydroxyl groups excluding tert-OH is 1. The van der Waals surface area contributed by atoms with Crippen LogP contribution in [-0.2, 0) is 0 Å². The minimum absolute atomic E-state index is 0.147. The molecule has 2 heterocycles. The van der Waals surface area contributed by atoms with E-state index < -0.39 is 6.23 Å². The van der Waals surface area contributed by atoms with Gasteiger partial charge in [-0.05, 0) is 22.0 Å². The third-order valence-corrected chi connectivity index (χ3v) is 2.25. The molecule has 0 aliphatic carbocycles. The molecular weight excluding hydrogens is 224 g/mol. The van der Waals surface area contributed by atoms with Gasteiger partial charge in [0.1, 0.15) is 11.9 Å². The molecule has 2 N–H and O–H groups in total. The first kappa shape index (κ1) is 7.82. The van der Waals surface area contributed by atoms with Gasteiger partial charge in [-0.1, -0.05) is 0 Å². The number of carbonyl (C=O) groups is 1. The summed E-state index contributed by atoms with van der Waals surface area (Å²) in [7, 11) is 0. The summed E-state index contributed by atoms with van der Waals surface area (Å²) < 4.78 is 2.34. The van der Waals surface area contributed by atoms with Gasteiger partial charge in [0.25, 0.3) is 5.91 Å². The van der Waals surface area contributed by atoms with E-state index in [0.29, 0.717) is 5.69 Å². The fraction of sp³-hybridized carbons (Fsp3) is 0.286. The summed E-state index contributed by atoms with van der Waals surface area (Å²) in [6, 6.07) is 1.68. The summed E-state index contributed by atoms with van der Waals surface area (Å²) in [6.45, 7) is 0.271. The predicted octanol–water partition coefficient (Wildman–Crippen LogP) is 0.485. The van der Waals surface area contributed by atoms with E-state index in [1.165, 1.54) is 0 Å². The molecule has 1 unspecified atom stereocenters. The third kappa shape index (κ3) is 1.05. The van der Waals surface area contributed by atoms with Crippen LogP contribution in [0.25, 0.3) is 0 Å². The molecule has 2 rings (SSSR count). The van der Waals surface area contributed by atoms with Gasteiger partial charge in [-0.25, -0.2) is 0 Å². The Labute approximate surface area is 77.3 Å². The molecule has 1 aliphatic rings. The summed E-state index contributed by atoms with van der Waals surface area (Å²) in [5.41, 5.74) is 0.487. The number of rotatable bonds is 0. The van der Waals surface area contributed by atoms with E-state index in [-0.39, 0.29) is 12.5 Å². The summed E-state index contributed by atoms with van der Waals surface area (Å²) >= 11 is 3.24. The van der Waals surface area contributed by atoms with Crippen LogP contribution in [0.2, 0.25) is 0 Å². The van der Waals surface area contributed by atoms with Gasteiger partial charge in [0, 0.05) is 10.7 Å². The van der Waals surface area contributed by atoms with E-state index in [9.17, 15) is 9.90 Å². The number of aromatic nitrogens is 1. The van der Waals surface area contributed by atoms with E-state index in [1.54, 1.807) is 16.8 Å². The second kappa shape index (κ2) is 2.60. The normalized spacial score (nSPS) is 21.8. The van der Waals surface area contributed by atoms with Gasteiger partial charge < -0.3 is 15.0 Å². The number of hydrogen-bond acceptors (Lipinski definition) is 2. The van der Waals surface area contributed by atoms with Crippen molar-refractivity contribution in [1.29, 1.82) is 0 Å². The second-order valence-electron chi connectivity index (χ2n) is 2.64. The zero-order valence-corrected chi connectivity index (χ0v) is 7.71. The summed E-state index contributed by atoms with van der Waals surface area (Å²) in [6.07, 6.45) is 1.04. The first-order chi connectivity index (χ1) is 5.68. The molecule has 1 aromatic rings. The van der Waals surface area contributed by atoms with E-state index in [1.807, 2.05) is 0 Å². The van der Waals surface area contributed by atoms with E-state index in [0.717, 1.165) is 4.47 Å². The molecule has 0 fully saturated rings. The van der Waals surface area contributed by atoms with Gasteiger partial charge in [-0.3, -0.25) is 4.79 Å². The van der Waals surface area contributed by atoms with Crippen molar-refractivity contribution in [2.45, 2.75) is 6.23 Å². The Hall–Kier alpha value is -0.810. The lowest BCUT2D eigenvalue weighted by Gasteiger charge is -2.21. The molecule has 0 saturated carbocycles. The molecular formula is C7H7BrN2O2. The van der Waals surface area contributed by atoms with Crippen LogP contribution in [0.15, 0.2) is 16.7 Å². The Balaban J connectivity index is 2.54. The van der Waals surface area contributed by atoms with Crippen LogP contribution in [0, 0.1) is 0 Å². The Kier molecular flexibility index (Phi) is 1.69. The molecule has 0 saturated heterocycles. The lowest BCUT2D eigenvalue weighted by Crippen LogP contribution is -2.38. The van der Waals surface area contributed by atoms with Crippen molar-refractivity contribution < 1.29 is 9.90 Å². The zero-order chi connectivity index (χ0) is 8.72. The Morgan fingerprint density at radius 3 is 3.17 bits per heavy atom. The second-order valence-corrected chi connectivity index (χ2v) is 3.56. The standard InChI is InChI=1S/C7H7BrN2O2/c8-4-1-5-7(12)9-2-6(11)10(5)3-4/h1,3,6,11H,2H2,(H,9,12). The molecule has 0 aromatic carbocycles. The molecule has 0 radical (unpaired) electrons.